The van der Waals surface area contributed by atoms with Gasteiger partial charge < -0.3 is 15.0 Å². The summed E-state index contributed by atoms with van der Waals surface area (Å²) in [6, 6.07) is 5.75. The van der Waals surface area contributed by atoms with Gasteiger partial charge in [-0.25, -0.2) is 14.8 Å². The Bertz CT molecular complexity index is 941. The van der Waals surface area contributed by atoms with Crippen LogP contribution in [0.1, 0.15) is 12.5 Å². The van der Waals surface area contributed by atoms with Crippen molar-refractivity contribution in [2.75, 3.05) is 23.4 Å². The number of hydrogen-bond acceptors (Lipinski definition) is 6. The minimum Gasteiger partial charge on any atom is -0.447 e. The Morgan fingerprint density at radius 1 is 1.40 bits per heavy atom. The summed E-state index contributed by atoms with van der Waals surface area (Å²) in [6.07, 6.45) is 4.93. The molecule has 1 unspecified atom stereocenters. The van der Waals surface area contributed by atoms with Crippen LogP contribution in [-0.2, 0) is 10.2 Å². The maximum absolute atomic E-state index is 11.7. The van der Waals surface area contributed by atoms with Crippen molar-refractivity contribution in [2.24, 2.45) is 0 Å². The molecular formula is C16H17BN6O2. The number of nitrogens with one attached hydrogen (secondary N) is 2. The molecule has 1 saturated heterocycles. The number of aromatic nitrogens is 4. The van der Waals surface area contributed by atoms with E-state index in [0.29, 0.717) is 24.9 Å². The number of carbonyl (C=O) groups excluding carboxylic acids is 1. The summed E-state index contributed by atoms with van der Waals surface area (Å²) in [6.45, 7) is 2.90. The Kier molecular flexibility index (Phi) is 3.56. The first kappa shape index (κ1) is 15.4. The molecule has 4 rings (SSSR count). The smallest absolute Gasteiger partial charge is 0.415 e. The number of anilines is 2. The van der Waals surface area contributed by atoms with E-state index in [2.05, 4.69) is 31.3 Å². The summed E-state index contributed by atoms with van der Waals surface area (Å²) in [5.74, 6) is 0.964. The highest BCUT2D eigenvalue weighted by Crippen LogP contribution is 2.24. The van der Waals surface area contributed by atoms with Crippen LogP contribution in [0.15, 0.2) is 36.8 Å². The van der Waals surface area contributed by atoms with Gasteiger partial charge in [0.1, 0.15) is 25.9 Å². The van der Waals surface area contributed by atoms with Crippen LogP contribution in [0.4, 0.5) is 16.6 Å². The van der Waals surface area contributed by atoms with Crippen molar-refractivity contribution in [3.8, 4) is 0 Å². The van der Waals surface area contributed by atoms with E-state index in [-0.39, 0.29) is 6.09 Å². The molecule has 0 bridgehead atoms. The molecule has 0 aromatic carbocycles. The molecule has 2 N–H and O–H groups in total. The third-order valence-corrected chi connectivity index (χ3v) is 4.22. The lowest BCUT2D eigenvalue weighted by atomic mass is 9.74. The highest BCUT2D eigenvalue weighted by atomic mass is 16.6. The summed E-state index contributed by atoms with van der Waals surface area (Å²) < 4.78 is 4.96. The van der Waals surface area contributed by atoms with Crippen molar-refractivity contribution >= 4 is 36.7 Å². The number of aromatic amines is 1. The van der Waals surface area contributed by atoms with Gasteiger partial charge in [0, 0.05) is 29.4 Å². The van der Waals surface area contributed by atoms with Gasteiger partial charge in [0.2, 0.25) is 5.95 Å². The number of cyclic esters (lactones) is 1. The van der Waals surface area contributed by atoms with Gasteiger partial charge in [-0.3, -0.25) is 4.90 Å². The zero-order valence-electron chi connectivity index (χ0n) is 14.0. The molecule has 3 aromatic rings. The van der Waals surface area contributed by atoms with Crippen LogP contribution in [0.2, 0.25) is 0 Å². The van der Waals surface area contributed by atoms with Crippen LogP contribution >= 0.6 is 0 Å². The van der Waals surface area contributed by atoms with Crippen LogP contribution in [0.5, 0.6) is 0 Å². The Labute approximate surface area is 145 Å². The molecule has 0 saturated carbocycles. The first-order valence-electron chi connectivity index (χ1n) is 8.02. The van der Waals surface area contributed by atoms with Crippen molar-refractivity contribution in [2.45, 2.75) is 12.4 Å². The number of rotatable bonds is 4. The average Bonchev–Trinajstić information content (AvgIpc) is 3.22. The first-order chi connectivity index (χ1) is 12.0. The second-order valence-electron chi connectivity index (χ2n) is 6.39. The maximum Gasteiger partial charge on any atom is 0.415 e. The van der Waals surface area contributed by atoms with Gasteiger partial charge in [0.25, 0.3) is 0 Å². The summed E-state index contributed by atoms with van der Waals surface area (Å²) in [5.41, 5.74) is 1.42. The number of carbonyl (C=O) groups is 1. The molecule has 9 heteroatoms. The summed E-state index contributed by atoms with van der Waals surface area (Å²) in [7, 11) is 2.03. The van der Waals surface area contributed by atoms with Crippen molar-refractivity contribution in [1.82, 2.24) is 19.9 Å². The second-order valence-corrected chi connectivity index (χ2v) is 6.39. The van der Waals surface area contributed by atoms with Crippen molar-refractivity contribution in [3.63, 3.8) is 0 Å². The SMILES string of the molecule is BC(C)(Nc1nccc(N2CCOC2=O)n1)c1cnc2[nH]ccc2c1. The zero-order chi connectivity index (χ0) is 17.4. The number of nitrogens with zero attached hydrogens (tertiary/aromatic N) is 4. The Morgan fingerprint density at radius 2 is 2.28 bits per heavy atom. The molecule has 0 radical (unpaired) electrons. The van der Waals surface area contributed by atoms with Crippen LogP contribution in [0, 0.1) is 0 Å². The molecule has 1 fully saturated rings. The molecule has 4 heterocycles. The van der Waals surface area contributed by atoms with E-state index >= 15 is 0 Å². The standard InChI is InChI=1S/C16H17BN6O2/c1-16(17,11-8-10-2-4-18-13(10)20-9-11)22-14-19-5-3-12(21-14)23-6-7-25-15(23)24/h2-5,8-9H,6-7,17H2,1H3,(H,18,20)(H,19,21,22). The first-order valence-corrected chi connectivity index (χ1v) is 8.02. The lowest BCUT2D eigenvalue weighted by Crippen LogP contribution is -2.33. The second kappa shape index (κ2) is 5.76. The molecule has 1 aliphatic heterocycles. The fourth-order valence-corrected chi connectivity index (χ4v) is 2.79. The van der Waals surface area contributed by atoms with E-state index in [9.17, 15) is 4.79 Å². The summed E-state index contributed by atoms with van der Waals surface area (Å²) in [4.78, 5) is 29.4. The zero-order valence-corrected chi connectivity index (χ0v) is 14.0. The van der Waals surface area contributed by atoms with Gasteiger partial charge in [0.15, 0.2) is 0 Å². The molecule has 25 heavy (non-hydrogen) atoms. The van der Waals surface area contributed by atoms with Crippen LogP contribution in [0.25, 0.3) is 11.0 Å². The third kappa shape index (κ3) is 2.88. The summed E-state index contributed by atoms with van der Waals surface area (Å²) in [5, 5.41) is 4.36. The van der Waals surface area contributed by atoms with E-state index in [0.717, 1.165) is 16.6 Å². The number of hydrogen-bond donors (Lipinski definition) is 2. The average molecular weight is 336 g/mol. The van der Waals surface area contributed by atoms with E-state index < -0.39 is 5.44 Å². The normalized spacial score (nSPS) is 16.7. The molecule has 1 atom stereocenters. The van der Waals surface area contributed by atoms with Gasteiger partial charge in [-0.2, -0.15) is 4.98 Å². The van der Waals surface area contributed by atoms with Crippen LogP contribution in [0.3, 0.4) is 0 Å². The number of pyridine rings is 1. The third-order valence-electron chi connectivity index (χ3n) is 4.22. The highest BCUT2D eigenvalue weighted by Gasteiger charge is 2.26. The molecule has 0 spiro atoms. The highest BCUT2D eigenvalue weighted by molar-refractivity contribution is 6.17. The number of fused-ring (bicyclic) bond motifs is 1. The van der Waals surface area contributed by atoms with E-state index in [1.807, 2.05) is 33.2 Å². The molecule has 0 aliphatic carbocycles. The maximum atomic E-state index is 11.7. The monoisotopic (exact) mass is 336 g/mol. The van der Waals surface area contributed by atoms with Gasteiger partial charge in [-0.1, -0.05) is 0 Å². The van der Waals surface area contributed by atoms with E-state index in [1.165, 1.54) is 4.90 Å². The lowest BCUT2D eigenvalue weighted by molar-refractivity contribution is 0.181. The number of amides is 1. The molecule has 3 aromatic heterocycles. The van der Waals surface area contributed by atoms with Crippen molar-refractivity contribution in [1.29, 1.82) is 0 Å². The van der Waals surface area contributed by atoms with Gasteiger partial charge >= 0.3 is 6.09 Å². The molecule has 126 valence electrons. The van der Waals surface area contributed by atoms with Crippen molar-refractivity contribution < 1.29 is 9.53 Å². The number of H-pyrrole nitrogens is 1. The lowest BCUT2D eigenvalue weighted by Gasteiger charge is -2.27. The van der Waals surface area contributed by atoms with Gasteiger partial charge in [-0.05, 0) is 30.7 Å². The number of ether oxygens (including phenoxy) is 1. The Hall–Kier alpha value is -3.10. The minimum absolute atomic E-state index is 0.374. The van der Waals surface area contributed by atoms with Crippen LogP contribution in [-0.4, -0.2) is 47.0 Å². The van der Waals surface area contributed by atoms with Gasteiger partial charge in [-0.15, -0.1) is 0 Å². The minimum atomic E-state index is -0.442. The topological polar surface area (TPSA) is 96.0 Å². The van der Waals surface area contributed by atoms with Crippen LogP contribution < -0.4 is 10.2 Å². The summed E-state index contributed by atoms with van der Waals surface area (Å²) >= 11 is 0. The Morgan fingerprint density at radius 3 is 3.08 bits per heavy atom. The quantitative estimate of drug-likeness (QED) is 0.696. The molecule has 1 amide bonds. The predicted molar refractivity (Wildman–Crippen MR) is 96.3 cm³/mol. The largest absolute Gasteiger partial charge is 0.447 e. The Balaban J connectivity index is 1.60. The van der Waals surface area contributed by atoms with Gasteiger partial charge in [0.05, 0.1) is 6.54 Å². The fourth-order valence-electron chi connectivity index (χ4n) is 2.79. The predicted octanol–water partition coefficient (Wildman–Crippen LogP) is 1.23. The van der Waals surface area contributed by atoms with E-state index in [1.54, 1.807) is 12.3 Å². The van der Waals surface area contributed by atoms with E-state index in [4.69, 9.17) is 4.74 Å². The fraction of sp³-hybridized carbons (Fsp3) is 0.250. The molecule has 8 nitrogen and oxygen atoms in total. The van der Waals surface area contributed by atoms with Crippen molar-refractivity contribution in [3.05, 3.63) is 42.4 Å². The molecular weight excluding hydrogens is 319 g/mol. The molecule has 1 aliphatic rings.